The summed E-state index contributed by atoms with van der Waals surface area (Å²) >= 11 is 0. The monoisotopic (exact) mass is 373 g/mol. The Kier molecular flexibility index (Phi) is 4.41. The molecule has 4 rings (SSSR count). The van der Waals surface area contributed by atoms with E-state index in [1.807, 2.05) is 12.1 Å². The third-order valence-electron chi connectivity index (χ3n) is 4.97. The largest absolute Gasteiger partial charge is 0.330 e. The number of hydrogen-bond donors (Lipinski definition) is 0. The van der Waals surface area contributed by atoms with Crippen LogP contribution in [0.15, 0.2) is 43.1 Å². The molecule has 2 fully saturated rings. The number of amides is 1. The maximum absolute atomic E-state index is 12.8. The van der Waals surface area contributed by atoms with Crippen molar-refractivity contribution in [1.82, 2.24) is 24.8 Å². The zero-order chi connectivity index (χ0) is 18.1. The number of hydrogen-bond acceptors (Lipinski definition) is 7. The topological polar surface area (TPSA) is 96.4 Å². The Morgan fingerprint density at radius 1 is 1.04 bits per heavy atom. The third-order valence-corrected chi connectivity index (χ3v) is 6.67. The minimum absolute atomic E-state index is 0.00346. The first kappa shape index (κ1) is 17.0. The fourth-order valence-corrected chi connectivity index (χ4v) is 5.76. The molecule has 26 heavy (non-hydrogen) atoms. The minimum atomic E-state index is -3.19. The van der Waals surface area contributed by atoms with Crippen LogP contribution in [-0.2, 0) is 16.4 Å². The number of rotatable bonds is 3. The van der Waals surface area contributed by atoms with Crippen LogP contribution in [0.3, 0.4) is 0 Å². The lowest BCUT2D eigenvalue weighted by Gasteiger charge is -2.43. The van der Waals surface area contributed by atoms with Gasteiger partial charge < -0.3 is 4.90 Å². The van der Waals surface area contributed by atoms with Gasteiger partial charge in [-0.3, -0.25) is 19.7 Å². The lowest BCUT2D eigenvalue weighted by atomic mass is 10.0. The molecule has 136 valence electrons. The van der Waals surface area contributed by atoms with Crippen molar-refractivity contribution in [3.8, 4) is 0 Å². The van der Waals surface area contributed by atoms with Crippen molar-refractivity contribution < 1.29 is 13.2 Å². The van der Waals surface area contributed by atoms with Crippen molar-refractivity contribution in [3.63, 3.8) is 0 Å². The Bertz CT molecular complexity index is 891. The highest BCUT2D eigenvalue weighted by Crippen LogP contribution is 2.29. The Morgan fingerprint density at radius 2 is 1.81 bits per heavy atom. The molecule has 9 heteroatoms. The number of piperazine rings is 1. The molecule has 0 N–H and O–H groups in total. The second kappa shape index (κ2) is 6.73. The van der Waals surface area contributed by atoms with E-state index in [1.54, 1.807) is 17.3 Å². The average Bonchev–Trinajstić information content (AvgIpc) is 2.98. The normalized spacial score (nSPS) is 25.0. The summed E-state index contributed by atoms with van der Waals surface area (Å²) < 4.78 is 24.6. The SMILES string of the molecule is O=C(c1cnccn1)N1CCN(Cc2ccncc2)[C@@H]2CS(=O)(=O)C[C@@H]21. The summed E-state index contributed by atoms with van der Waals surface area (Å²) in [6.45, 7) is 1.73. The summed E-state index contributed by atoms with van der Waals surface area (Å²) in [6, 6.07) is 3.29. The zero-order valence-corrected chi connectivity index (χ0v) is 14.9. The maximum Gasteiger partial charge on any atom is 0.274 e. The van der Waals surface area contributed by atoms with E-state index >= 15 is 0 Å². The van der Waals surface area contributed by atoms with Crippen molar-refractivity contribution in [2.75, 3.05) is 24.6 Å². The number of nitrogens with zero attached hydrogens (tertiary/aromatic N) is 5. The number of pyridine rings is 1. The van der Waals surface area contributed by atoms with Crippen LogP contribution in [0, 0.1) is 0 Å². The molecule has 0 aliphatic carbocycles. The first-order chi connectivity index (χ1) is 12.5. The van der Waals surface area contributed by atoms with Gasteiger partial charge in [0.1, 0.15) is 5.69 Å². The van der Waals surface area contributed by atoms with Crippen molar-refractivity contribution in [2.45, 2.75) is 18.6 Å². The second-order valence-corrected chi connectivity index (χ2v) is 8.78. The smallest absolute Gasteiger partial charge is 0.274 e. The molecule has 0 aromatic carbocycles. The Morgan fingerprint density at radius 3 is 2.54 bits per heavy atom. The lowest BCUT2D eigenvalue weighted by molar-refractivity contribution is 0.0301. The molecule has 2 aromatic rings. The molecule has 2 saturated heterocycles. The summed E-state index contributed by atoms with van der Waals surface area (Å²) in [5.74, 6) is -0.183. The molecule has 2 atom stereocenters. The molecular weight excluding hydrogens is 354 g/mol. The molecule has 1 amide bonds. The predicted molar refractivity (Wildman–Crippen MR) is 93.9 cm³/mol. The number of fused-ring (bicyclic) bond motifs is 1. The van der Waals surface area contributed by atoms with Gasteiger partial charge in [0.2, 0.25) is 0 Å². The molecule has 0 saturated carbocycles. The Balaban J connectivity index is 1.59. The van der Waals surface area contributed by atoms with Crippen LogP contribution in [-0.4, -0.2) is 75.8 Å². The van der Waals surface area contributed by atoms with Crippen molar-refractivity contribution >= 4 is 15.7 Å². The molecule has 2 aromatic heterocycles. The Labute approximate surface area is 151 Å². The van der Waals surface area contributed by atoms with E-state index in [-0.39, 0.29) is 35.2 Å². The second-order valence-electron chi connectivity index (χ2n) is 6.63. The fourth-order valence-electron chi connectivity index (χ4n) is 3.75. The van der Waals surface area contributed by atoms with Gasteiger partial charge in [-0.05, 0) is 17.7 Å². The summed E-state index contributed by atoms with van der Waals surface area (Å²) in [5.41, 5.74) is 1.33. The van der Waals surface area contributed by atoms with Crippen LogP contribution < -0.4 is 0 Å². The Hall–Kier alpha value is -2.39. The van der Waals surface area contributed by atoms with Crippen LogP contribution in [0.4, 0.5) is 0 Å². The van der Waals surface area contributed by atoms with Crippen molar-refractivity contribution in [3.05, 3.63) is 54.4 Å². The van der Waals surface area contributed by atoms with E-state index in [2.05, 4.69) is 19.9 Å². The summed E-state index contributed by atoms with van der Waals surface area (Å²) in [5, 5.41) is 0. The van der Waals surface area contributed by atoms with Gasteiger partial charge in [0.25, 0.3) is 5.91 Å². The van der Waals surface area contributed by atoms with Gasteiger partial charge in [0.15, 0.2) is 9.84 Å². The van der Waals surface area contributed by atoms with Crippen LogP contribution in [0.2, 0.25) is 0 Å². The fraction of sp³-hybridized carbons (Fsp3) is 0.412. The highest BCUT2D eigenvalue weighted by Gasteiger charge is 2.48. The first-order valence-electron chi connectivity index (χ1n) is 8.44. The highest BCUT2D eigenvalue weighted by atomic mass is 32.2. The quantitative estimate of drug-likeness (QED) is 0.747. The van der Waals surface area contributed by atoms with Crippen LogP contribution in [0.1, 0.15) is 16.1 Å². The summed E-state index contributed by atoms with van der Waals surface area (Å²) in [7, 11) is -3.19. The number of aromatic nitrogens is 3. The molecule has 0 radical (unpaired) electrons. The van der Waals surface area contributed by atoms with Crippen LogP contribution in [0.5, 0.6) is 0 Å². The average molecular weight is 373 g/mol. The molecule has 0 spiro atoms. The van der Waals surface area contributed by atoms with Gasteiger partial charge in [-0.15, -0.1) is 0 Å². The van der Waals surface area contributed by atoms with E-state index < -0.39 is 9.84 Å². The van der Waals surface area contributed by atoms with Gasteiger partial charge in [-0.2, -0.15) is 0 Å². The van der Waals surface area contributed by atoms with E-state index in [9.17, 15) is 13.2 Å². The summed E-state index contributed by atoms with van der Waals surface area (Å²) in [6.07, 6.45) is 7.85. The molecule has 0 bridgehead atoms. The number of carbonyl (C=O) groups excluding carboxylic acids is 1. The van der Waals surface area contributed by atoms with Crippen LogP contribution in [0.25, 0.3) is 0 Å². The van der Waals surface area contributed by atoms with Gasteiger partial charge >= 0.3 is 0 Å². The molecular formula is C17H19N5O3S. The highest BCUT2D eigenvalue weighted by molar-refractivity contribution is 7.91. The van der Waals surface area contributed by atoms with Gasteiger partial charge in [0, 0.05) is 50.5 Å². The minimum Gasteiger partial charge on any atom is -0.330 e. The van der Waals surface area contributed by atoms with Crippen molar-refractivity contribution in [1.29, 1.82) is 0 Å². The number of sulfone groups is 1. The van der Waals surface area contributed by atoms with Crippen LogP contribution >= 0.6 is 0 Å². The predicted octanol–water partition coefficient (Wildman–Crippen LogP) is -0.00480. The summed E-state index contributed by atoms with van der Waals surface area (Å²) in [4.78, 5) is 28.7. The van der Waals surface area contributed by atoms with E-state index in [4.69, 9.17) is 0 Å². The maximum atomic E-state index is 12.8. The van der Waals surface area contributed by atoms with Gasteiger partial charge in [-0.25, -0.2) is 13.4 Å². The standard InChI is InChI=1S/C17H19N5O3S/c23-17(14-9-19-5-6-20-14)22-8-7-21(10-13-1-3-18-4-2-13)15-11-26(24,25)12-16(15)22/h1-6,9,15-16H,7-8,10-12H2/t15-,16+/m1/s1. The molecule has 0 unspecified atom stereocenters. The van der Waals surface area contributed by atoms with E-state index in [1.165, 1.54) is 18.6 Å². The molecule has 2 aliphatic rings. The third kappa shape index (κ3) is 3.32. The lowest BCUT2D eigenvalue weighted by Crippen LogP contribution is -2.60. The van der Waals surface area contributed by atoms with E-state index in [0.717, 1.165) is 5.56 Å². The molecule has 8 nitrogen and oxygen atoms in total. The molecule has 4 heterocycles. The van der Waals surface area contributed by atoms with E-state index in [0.29, 0.717) is 19.6 Å². The zero-order valence-electron chi connectivity index (χ0n) is 14.1. The van der Waals surface area contributed by atoms with Crippen molar-refractivity contribution in [2.24, 2.45) is 0 Å². The first-order valence-corrected chi connectivity index (χ1v) is 10.3. The number of carbonyl (C=O) groups is 1. The molecule has 2 aliphatic heterocycles. The van der Waals surface area contributed by atoms with Gasteiger partial charge in [0.05, 0.1) is 23.7 Å². The van der Waals surface area contributed by atoms with Gasteiger partial charge in [-0.1, -0.05) is 0 Å².